The van der Waals surface area contributed by atoms with Gasteiger partial charge in [0.1, 0.15) is 0 Å². The first-order valence-electron chi connectivity index (χ1n) is 9.72. The van der Waals surface area contributed by atoms with E-state index in [-0.39, 0.29) is 5.91 Å². The molecule has 0 radical (unpaired) electrons. The van der Waals surface area contributed by atoms with E-state index in [1.807, 2.05) is 12.1 Å². The van der Waals surface area contributed by atoms with Gasteiger partial charge in [-0.3, -0.25) is 4.79 Å². The summed E-state index contributed by atoms with van der Waals surface area (Å²) in [4.78, 5) is 14.7. The van der Waals surface area contributed by atoms with E-state index in [0.717, 1.165) is 36.7 Å². The Balaban J connectivity index is 1.42. The third-order valence-corrected chi connectivity index (χ3v) is 5.38. The predicted molar refractivity (Wildman–Crippen MR) is 99.3 cm³/mol. The molecule has 0 aromatic heterocycles. The minimum absolute atomic E-state index is 0.0857. The SMILES string of the molecule is CC(C)CCN1CCC(Cc2ccc(C(=O)NC3CC3)cc2)CC1. The van der Waals surface area contributed by atoms with Gasteiger partial charge in [0.05, 0.1) is 0 Å². The zero-order valence-corrected chi connectivity index (χ0v) is 15.3. The minimum Gasteiger partial charge on any atom is -0.349 e. The lowest BCUT2D eigenvalue weighted by atomic mass is 9.89. The van der Waals surface area contributed by atoms with Crippen molar-refractivity contribution in [2.45, 2.75) is 58.4 Å². The van der Waals surface area contributed by atoms with Crippen LogP contribution in [0.3, 0.4) is 0 Å². The topological polar surface area (TPSA) is 32.3 Å². The fourth-order valence-corrected chi connectivity index (χ4v) is 3.48. The molecular formula is C21H32N2O. The number of piperidine rings is 1. The van der Waals surface area contributed by atoms with E-state index >= 15 is 0 Å². The summed E-state index contributed by atoms with van der Waals surface area (Å²) in [6.07, 6.45) is 7.36. The summed E-state index contributed by atoms with van der Waals surface area (Å²) in [5, 5.41) is 3.05. The molecule has 0 unspecified atom stereocenters. The van der Waals surface area contributed by atoms with Gasteiger partial charge in [-0.2, -0.15) is 0 Å². The van der Waals surface area contributed by atoms with Gasteiger partial charge in [-0.25, -0.2) is 0 Å². The van der Waals surface area contributed by atoms with Crippen LogP contribution in [0.25, 0.3) is 0 Å². The van der Waals surface area contributed by atoms with Gasteiger partial charge in [0.15, 0.2) is 0 Å². The Morgan fingerprint density at radius 1 is 1.12 bits per heavy atom. The highest BCUT2D eigenvalue weighted by atomic mass is 16.1. The Morgan fingerprint density at radius 3 is 2.38 bits per heavy atom. The summed E-state index contributed by atoms with van der Waals surface area (Å²) >= 11 is 0. The number of hydrogen-bond donors (Lipinski definition) is 1. The maximum atomic E-state index is 12.0. The third kappa shape index (κ3) is 5.34. The molecule has 132 valence electrons. The summed E-state index contributed by atoms with van der Waals surface area (Å²) in [7, 11) is 0. The van der Waals surface area contributed by atoms with Crippen molar-refractivity contribution in [1.29, 1.82) is 0 Å². The third-order valence-electron chi connectivity index (χ3n) is 5.38. The number of hydrogen-bond acceptors (Lipinski definition) is 2. The number of carbonyl (C=O) groups is 1. The van der Waals surface area contributed by atoms with Gasteiger partial charge in [-0.05, 0) is 87.7 Å². The molecule has 1 N–H and O–H groups in total. The molecule has 24 heavy (non-hydrogen) atoms. The number of amides is 1. The summed E-state index contributed by atoms with van der Waals surface area (Å²) in [5.41, 5.74) is 2.17. The highest BCUT2D eigenvalue weighted by Gasteiger charge is 2.24. The van der Waals surface area contributed by atoms with Crippen LogP contribution in [0.4, 0.5) is 0 Å². The summed E-state index contributed by atoms with van der Waals surface area (Å²) < 4.78 is 0. The molecule has 0 spiro atoms. The maximum Gasteiger partial charge on any atom is 0.251 e. The zero-order chi connectivity index (χ0) is 16.9. The number of nitrogens with one attached hydrogen (secondary N) is 1. The van der Waals surface area contributed by atoms with E-state index in [0.29, 0.717) is 6.04 Å². The minimum atomic E-state index is 0.0857. The number of benzene rings is 1. The van der Waals surface area contributed by atoms with Crippen LogP contribution in [0.1, 0.15) is 61.9 Å². The summed E-state index contributed by atoms with van der Waals surface area (Å²) in [6.45, 7) is 8.37. The van der Waals surface area contributed by atoms with E-state index < -0.39 is 0 Å². The second-order valence-electron chi connectivity index (χ2n) is 8.12. The Morgan fingerprint density at radius 2 is 1.79 bits per heavy atom. The summed E-state index contributed by atoms with van der Waals surface area (Å²) in [5.74, 6) is 1.69. The van der Waals surface area contributed by atoms with Crippen LogP contribution >= 0.6 is 0 Å². The van der Waals surface area contributed by atoms with E-state index in [9.17, 15) is 4.79 Å². The lowest BCUT2D eigenvalue weighted by molar-refractivity contribution is 0.0951. The van der Waals surface area contributed by atoms with Gasteiger partial charge in [-0.1, -0.05) is 26.0 Å². The largest absolute Gasteiger partial charge is 0.349 e. The normalized spacial score (nSPS) is 19.6. The Hall–Kier alpha value is -1.35. The van der Waals surface area contributed by atoms with Crippen molar-refractivity contribution in [2.75, 3.05) is 19.6 Å². The molecule has 0 bridgehead atoms. The van der Waals surface area contributed by atoms with Gasteiger partial charge < -0.3 is 10.2 Å². The number of nitrogens with zero attached hydrogens (tertiary/aromatic N) is 1. The van der Waals surface area contributed by atoms with Gasteiger partial charge in [0.25, 0.3) is 5.91 Å². The average Bonchev–Trinajstić information content (AvgIpc) is 3.39. The molecule has 3 nitrogen and oxygen atoms in total. The second-order valence-corrected chi connectivity index (χ2v) is 8.12. The van der Waals surface area contributed by atoms with Crippen molar-refractivity contribution in [1.82, 2.24) is 10.2 Å². The first kappa shape index (κ1) is 17.5. The molecule has 1 aliphatic carbocycles. The number of carbonyl (C=O) groups excluding carboxylic acids is 1. The van der Waals surface area contributed by atoms with Crippen molar-refractivity contribution < 1.29 is 4.79 Å². The molecule has 3 heteroatoms. The molecule has 1 aromatic rings. The quantitative estimate of drug-likeness (QED) is 0.824. The monoisotopic (exact) mass is 328 g/mol. The molecule has 1 aromatic carbocycles. The zero-order valence-electron chi connectivity index (χ0n) is 15.3. The lowest BCUT2D eigenvalue weighted by Gasteiger charge is -2.32. The molecule has 1 saturated carbocycles. The van der Waals surface area contributed by atoms with Gasteiger partial charge >= 0.3 is 0 Å². The van der Waals surface area contributed by atoms with Crippen LogP contribution in [0.2, 0.25) is 0 Å². The van der Waals surface area contributed by atoms with Crippen LogP contribution in [-0.2, 0) is 6.42 Å². The summed E-state index contributed by atoms with van der Waals surface area (Å²) in [6, 6.07) is 8.70. The molecule has 2 fully saturated rings. The standard InChI is InChI=1S/C21H32N2O/c1-16(2)9-12-23-13-10-18(11-14-23)15-17-3-5-19(6-4-17)21(24)22-20-7-8-20/h3-6,16,18,20H,7-15H2,1-2H3,(H,22,24). The maximum absolute atomic E-state index is 12.0. The van der Waals surface area contributed by atoms with Crippen LogP contribution in [0, 0.1) is 11.8 Å². The smallest absolute Gasteiger partial charge is 0.251 e. The van der Waals surface area contributed by atoms with Crippen molar-refractivity contribution >= 4 is 5.91 Å². The molecule has 2 aliphatic rings. The molecule has 1 saturated heterocycles. The van der Waals surface area contributed by atoms with E-state index in [1.165, 1.54) is 44.5 Å². The Bertz CT molecular complexity index is 525. The van der Waals surface area contributed by atoms with Crippen molar-refractivity contribution in [3.63, 3.8) is 0 Å². The number of rotatable bonds is 7. The highest BCUT2D eigenvalue weighted by molar-refractivity contribution is 5.94. The molecule has 0 atom stereocenters. The van der Waals surface area contributed by atoms with Crippen LogP contribution in [-0.4, -0.2) is 36.5 Å². The van der Waals surface area contributed by atoms with Gasteiger partial charge in [-0.15, -0.1) is 0 Å². The van der Waals surface area contributed by atoms with Crippen molar-refractivity contribution in [3.05, 3.63) is 35.4 Å². The predicted octanol–water partition coefficient (Wildman–Crippen LogP) is 3.88. The van der Waals surface area contributed by atoms with E-state index in [1.54, 1.807) is 0 Å². The molecule has 3 rings (SSSR count). The Kier molecular flexibility index (Phi) is 5.94. The van der Waals surface area contributed by atoms with E-state index in [4.69, 9.17) is 0 Å². The highest BCUT2D eigenvalue weighted by Crippen LogP contribution is 2.23. The fourth-order valence-electron chi connectivity index (χ4n) is 3.48. The van der Waals surface area contributed by atoms with Crippen LogP contribution in [0.15, 0.2) is 24.3 Å². The molecule has 1 heterocycles. The molecular weight excluding hydrogens is 296 g/mol. The van der Waals surface area contributed by atoms with Crippen molar-refractivity contribution in [3.8, 4) is 0 Å². The second kappa shape index (κ2) is 8.15. The molecule has 1 amide bonds. The lowest BCUT2D eigenvalue weighted by Crippen LogP contribution is -2.35. The van der Waals surface area contributed by atoms with E-state index in [2.05, 4.69) is 36.2 Å². The van der Waals surface area contributed by atoms with Crippen molar-refractivity contribution in [2.24, 2.45) is 11.8 Å². The van der Waals surface area contributed by atoms with Crippen LogP contribution in [0.5, 0.6) is 0 Å². The van der Waals surface area contributed by atoms with Gasteiger partial charge in [0.2, 0.25) is 0 Å². The molecule has 1 aliphatic heterocycles. The average molecular weight is 329 g/mol. The first-order chi connectivity index (χ1) is 11.6. The Labute approximate surface area is 146 Å². The first-order valence-corrected chi connectivity index (χ1v) is 9.72. The number of likely N-dealkylation sites (tertiary alicyclic amines) is 1. The fraction of sp³-hybridized carbons (Fsp3) is 0.667. The van der Waals surface area contributed by atoms with Gasteiger partial charge in [0, 0.05) is 11.6 Å². The van der Waals surface area contributed by atoms with Crippen LogP contribution < -0.4 is 5.32 Å².